The molecule has 92 valence electrons. The van der Waals surface area contributed by atoms with Crippen molar-refractivity contribution in [2.75, 3.05) is 20.2 Å². The lowest BCUT2D eigenvalue weighted by Crippen LogP contribution is -2.18. The largest absolute Gasteiger partial charge is 0.497 e. The van der Waals surface area contributed by atoms with Crippen molar-refractivity contribution >= 4 is 0 Å². The normalized spacial score (nSPS) is 31.2. The SMILES string of the molecule is COc1cccc(OC2CC3CNCC3C2)c1. The second kappa shape index (κ2) is 4.57. The van der Waals surface area contributed by atoms with Crippen LogP contribution in [0.25, 0.3) is 0 Å². The third-order valence-electron chi connectivity index (χ3n) is 3.95. The van der Waals surface area contributed by atoms with E-state index in [0.717, 1.165) is 23.3 Å². The van der Waals surface area contributed by atoms with Crippen LogP contribution in [0.1, 0.15) is 12.8 Å². The smallest absolute Gasteiger partial charge is 0.123 e. The highest BCUT2D eigenvalue weighted by Gasteiger charge is 2.38. The lowest BCUT2D eigenvalue weighted by molar-refractivity contribution is 0.198. The molecule has 1 saturated carbocycles. The number of methoxy groups -OCH3 is 1. The summed E-state index contributed by atoms with van der Waals surface area (Å²) in [7, 11) is 1.69. The topological polar surface area (TPSA) is 30.5 Å². The van der Waals surface area contributed by atoms with Crippen LogP contribution in [0.15, 0.2) is 24.3 Å². The van der Waals surface area contributed by atoms with Gasteiger partial charge in [-0.2, -0.15) is 0 Å². The van der Waals surface area contributed by atoms with Crippen molar-refractivity contribution in [1.82, 2.24) is 5.32 Å². The second-order valence-electron chi connectivity index (χ2n) is 5.07. The predicted octanol–water partition coefficient (Wildman–Crippen LogP) is 2.07. The van der Waals surface area contributed by atoms with Gasteiger partial charge in [-0.15, -0.1) is 0 Å². The molecule has 3 rings (SSSR count). The van der Waals surface area contributed by atoms with Crippen LogP contribution in [0.3, 0.4) is 0 Å². The number of benzene rings is 1. The van der Waals surface area contributed by atoms with E-state index >= 15 is 0 Å². The van der Waals surface area contributed by atoms with Crippen LogP contribution in [0.5, 0.6) is 11.5 Å². The van der Waals surface area contributed by atoms with Gasteiger partial charge in [-0.1, -0.05) is 6.07 Å². The molecular formula is C14H19NO2. The minimum atomic E-state index is 0.388. The van der Waals surface area contributed by atoms with Gasteiger partial charge in [0, 0.05) is 6.07 Å². The molecule has 1 aromatic carbocycles. The highest BCUT2D eigenvalue weighted by molar-refractivity contribution is 5.33. The van der Waals surface area contributed by atoms with Gasteiger partial charge in [0.25, 0.3) is 0 Å². The van der Waals surface area contributed by atoms with Gasteiger partial charge in [0.2, 0.25) is 0 Å². The van der Waals surface area contributed by atoms with Crippen LogP contribution < -0.4 is 14.8 Å². The quantitative estimate of drug-likeness (QED) is 0.867. The summed E-state index contributed by atoms with van der Waals surface area (Å²) in [6.07, 6.45) is 2.77. The summed E-state index contributed by atoms with van der Waals surface area (Å²) in [6, 6.07) is 7.90. The molecule has 17 heavy (non-hydrogen) atoms. The van der Waals surface area contributed by atoms with Gasteiger partial charge in [-0.25, -0.2) is 0 Å². The summed E-state index contributed by atoms with van der Waals surface area (Å²) in [4.78, 5) is 0. The van der Waals surface area contributed by atoms with E-state index in [1.807, 2.05) is 24.3 Å². The van der Waals surface area contributed by atoms with Crippen molar-refractivity contribution in [3.63, 3.8) is 0 Å². The van der Waals surface area contributed by atoms with E-state index in [1.54, 1.807) is 7.11 Å². The molecule has 1 aliphatic heterocycles. The number of rotatable bonds is 3. The molecule has 0 aromatic heterocycles. The molecule has 1 aromatic rings. The highest BCUT2D eigenvalue weighted by Crippen LogP contribution is 2.36. The van der Waals surface area contributed by atoms with E-state index in [4.69, 9.17) is 9.47 Å². The molecule has 1 heterocycles. The number of hydrogen-bond donors (Lipinski definition) is 1. The minimum Gasteiger partial charge on any atom is -0.497 e. The van der Waals surface area contributed by atoms with E-state index < -0.39 is 0 Å². The number of hydrogen-bond acceptors (Lipinski definition) is 3. The molecular weight excluding hydrogens is 214 g/mol. The Hall–Kier alpha value is -1.22. The zero-order valence-electron chi connectivity index (χ0n) is 10.2. The van der Waals surface area contributed by atoms with Crippen molar-refractivity contribution in [3.05, 3.63) is 24.3 Å². The second-order valence-corrected chi connectivity index (χ2v) is 5.07. The monoisotopic (exact) mass is 233 g/mol. The van der Waals surface area contributed by atoms with E-state index in [0.29, 0.717) is 6.10 Å². The molecule has 1 saturated heterocycles. The van der Waals surface area contributed by atoms with Gasteiger partial charge in [-0.05, 0) is 49.9 Å². The maximum atomic E-state index is 6.05. The number of fused-ring (bicyclic) bond motifs is 1. The molecule has 2 fully saturated rings. The van der Waals surface area contributed by atoms with E-state index in [1.165, 1.54) is 25.9 Å². The molecule has 2 atom stereocenters. The van der Waals surface area contributed by atoms with Crippen LogP contribution in [0.4, 0.5) is 0 Å². The van der Waals surface area contributed by atoms with Crippen molar-refractivity contribution in [3.8, 4) is 11.5 Å². The van der Waals surface area contributed by atoms with Crippen molar-refractivity contribution in [2.24, 2.45) is 11.8 Å². The maximum Gasteiger partial charge on any atom is 0.123 e. The molecule has 0 bridgehead atoms. The molecule has 1 N–H and O–H groups in total. The molecule has 2 aliphatic rings. The predicted molar refractivity (Wildman–Crippen MR) is 66.5 cm³/mol. The average molecular weight is 233 g/mol. The van der Waals surface area contributed by atoms with Crippen LogP contribution in [0.2, 0.25) is 0 Å². The Kier molecular flexibility index (Phi) is 2.93. The van der Waals surface area contributed by atoms with Crippen LogP contribution in [-0.4, -0.2) is 26.3 Å². The number of ether oxygens (including phenoxy) is 2. The third-order valence-corrected chi connectivity index (χ3v) is 3.95. The van der Waals surface area contributed by atoms with Crippen LogP contribution in [0, 0.1) is 11.8 Å². The van der Waals surface area contributed by atoms with Crippen molar-refractivity contribution in [1.29, 1.82) is 0 Å². The average Bonchev–Trinajstić information content (AvgIpc) is 2.90. The highest BCUT2D eigenvalue weighted by atomic mass is 16.5. The molecule has 3 heteroatoms. The maximum absolute atomic E-state index is 6.05. The zero-order chi connectivity index (χ0) is 11.7. The van der Waals surface area contributed by atoms with Crippen LogP contribution >= 0.6 is 0 Å². The Balaban J connectivity index is 1.63. The fraction of sp³-hybridized carbons (Fsp3) is 0.571. The van der Waals surface area contributed by atoms with Crippen LogP contribution in [-0.2, 0) is 0 Å². The molecule has 3 nitrogen and oxygen atoms in total. The first-order valence-electron chi connectivity index (χ1n) is 6.36. The van der Waals surface area contributed by atoms with Gasteiger partial charge in [-0.3, -0.25) is 0 Å². The van der Waals surface area contributed by atoms with Gasteiger partial charge >= 0.3 is 0 Å². The van der Waals surface area contributed by atoms with E-state index in [2.05, 4.69) is 5.32 Å². The summed E-state index contributed by atoms with van der Waals surface area (Å²) in [6.45, 7) is 2.34. The molecule has 1 aliphatic carbocycles. The van der Waals surface area contributed by atoms with Gasteiger partial charge in [0.05, 0.1) is 13.2 Å². The van der Waals surface area contributed by atoms with E-state index in [9.17, 15) is 0 Å². The summed E-state index contributed by atoms with van der Waals surface area (Å²) < 4.78 is 11.3. The fourth-order valence-electron chi connectivity index (χ4n) is 3.07. The van der Waals surface area contributed by atoms with Crippen molar-refractivity contribution < 1.29 is 9.47 Å². The summed E-state index contributed by atoms with van der Waals surface area (Å²) >= 11 is 0. The molecule has 0 amide bonds. The van der Waals surface area contributed by atoms with Gasteiger partial charge < -0.3 is 14.8 Å². The summed E-state index contributed by atoms with van der Waals surface area (Å²) in [5, 5.41) is 3.45. The molecule has 0 radical (unpaired) electrons. The summed E-state index contributed by atoms with van der Waals surface area (Å²) in [5.41, 5.74) is 0. The lowest BCUT2D eigenvalue weighted by atomic mass is 10.0. The van der Waals surface area contributed by atoms with E-state index in [-0.39, 0.29) is 0 Å². The first kappa shape index (κ1) is 10.9. The van der Waals surface area contributed by atoms with Gasteiger partial charge in [0.1, 0.15) is 11.5 Å². The Morgan fingerprint density at radius 3 is 2.53 bits per heavy atom. The first-order valence-corrected chi connectivity index (χ1v) is 6.36. The Bertz CT molecular complexity index is 382. The fourth-order valence-corrected chi connectivity index (χ4v) is 3.07. The molecule has 2 unspecified atom stereocenters. The van der Waals surface area contributed by atoms with Crippen molar-refractivity contribution in [2.45, 2.75) is 18.9 Å². The Morgan fingerprint density at radius 2 is 1.82 bits per heavy atom. The van der Waals surface area contributed by atoms with Gasteiger partial charge in [0.15, 0.2) is 0 Å². The number of nitrogens with one attached hydrogen (secondary N) is 1. The zero-order valence-corrected chi connectivity index (χ0v) is 10.2. The third kappa shape index (κ3) is 2.25. The summed E-state index contributed by atoms with van der Waals surface area (Å²) in [5.74, 6) is 3.45. The lowest BCUT2D eigenvalue weighted by Gasteiger charge is -2.15. The minimum absolute atomic E-state index is 0.388. The molecule has 0 spiro atoms. The Morgan fingerprint density at radius 1 is 1.12 bits per heavy atom. The standard InChI is InChI=1S/C14H19NO2/c1-16-12-3-2-4-13(7-12)17-14-5-10-8-15-9-11(10)6-14/h2-4,7,10-11,14-15H,5-6,8-9H2,1H3. The first-order chi connectivity index (χ1) is 8.35. The Labute approximate surface area is 102 Å².